The molecule has 7 nitrogen and oxygen atoms in total. The minimum atomic E-state index is -4.46. The van der Waals surface area contributed by atoms with E-state index in [1.165, 1.54) is 30.6 Å². The van der Waals surface area contributed by atoms with Gasteiger partial charge in [0.25, 0.3) is 5.91 Å². The number of amides is 2. The van der Waals surface area contributed by atoms with E-state index in [4.69, 9.17) is 0 Å². The van der Waals surface area contributed by atoms with E-state index in [0.717, 1.165) is 0 Å². The number of hydrogen-bond donors (Lipinski definition) is 2. The molecular formula is C17H17F3N4O3. The highest BCUT2D eigenvalue weighted by Crippen LogP contribution is 2.17. The summed E-state index contributed by atoms with van der Waals surface area (Å²) < 4.78 is 41.1. The number of hydrogen-bond acceptors (Lipinski definition) is 5. The van der Waals surface area contributed by atoms with E-state index < -0.39 is 18.7 Å². The Bertz CT molecular complexity index is 812. The summed E-state index contributed by atoms with van der Waals surface area (Å²) in [6.45, 7) is 0.301. The van der Waals surface area contributed by atoms with Gasteiger partial charge in [-0.05, 0) is 23.8 Å². The maximum absolute atomic E-state index is 12.2. The second-order valence-electron chi connectivity index (χ2n) is 5.42. The Morgan fingerprint density at radius 3 is 2.59 bits per heavy atom. The Hall–Kier alpha value is -3.17. The maximum Gasteiger partial charge on any atom is 0.422 e. The smallest absolute Gasteiger partial charge is 0.422 e. The number of carbonyl (C=O) groups excluding carboxylic acids is 2. The molecule has 0 saturated carbocycles. The van der Waals surface area contributed by atoms with E-state index in [-0.39, 0.29) is 36.1 Å². The molecule has 0 saturated heterocycles. The number of alkyl halides is 3. The van der Waals surface area contributed by atoms with Gasteiger partial charge < -0.3 is 15.4 Å². The standard InChI is InChI=1S/C17H17F3N4O3/c1-2-14(25)24-13-8-12(4-6-21-13)16(26)23-9-11-3-5-22-15(7-11)27-10-17(18,19)20/h3-8H,2,9-10H2,1H3,(H,23,26)(H,21,24,25). The van der Waals surface area contributed by atoms with Gasteiger partial charge in [-0.25, -0.2) is 9.97 Å². The number of halogens is 3. The molecule has 27 heavy (non-hydrogen) atoms. The zero-order chi connectivity index (χ0) is 19.9. The van der Waals surface area contributed by atoms with Crippen LogP contribution in [0.15, 0.2) is 36.7 Å². The van der Waals surface area contributed by atoms with E-state index in [1.54, 1.807) is 13.0 Å². The number of aromatic nitrogens is 2. The van der Waals surface area contributed by atoms with E-state index >= 15 is 0 Å². The predicted octanol–water partition coefficient (Wildman–Crippen LogP) is 2.70. The molecule has 0 aliphatic carbocycles. The maximum atomic E-state index is 12.2. The molecule has 2 N–H and O–H groups in total. The first-order chi connectivity index (χ1) is 12.8. The molecule has 2 amide bonds. The van der Waals surface area contributed by atoms with Crippen molar-refractivity contribution in [3.63, 3.8) is 0 Å². The molecule has 144 valence electrons. The van der Waals surface area contributed by atoms with E-state index in [2.05, 4.69) is 25.3 Å². The topological polar surface area (TPSA) is 93.2 Å². The molecule has 10 heteroatoms. The van der Waals surface area contributed by atoms with Crippen LogP contribution in [0.4, 0.5) is 19.0 Å². The van der Waals surface area contributed by atoms with Crippen molar-refractivity contribution in [1.29, 1.82) is 0 Å². The van der Waals surface area contributed by atoms with Crippen LogP contribution in [0.1, 0.15) is 29.3 Å². The first-order valence-corrected chi connectivity index (χ1v) is 7.95. The molecule has 0 aliphatic rings. The largest absolute Gasteiger partial charge is 0.468 e. The fraction of sp³-hybridized carbons (Fsp3) is 0.294. The van der Waals surface area contributed by atoms with E-state index in [0.29, 0.717) is 5.56 Å². The molecule has 0 atom stereocenters. The predicted molar refractivity (Wildman–Crippen MR) is 90.1 cm³/mol. The van der Waals surface area contributed by atoms with Crippen molar-refractivity contribution in [2.75, 3.05) is 11.9 Å². The van der Waals surface area contributed by atoms with Crippen LogP contribution in [0.2, 0.25) is 0 Å². The third-order valence-corrected chi connectivity index (χ3v) is 3.25. The third-order valence-electron chi connectivity index (χ3n) is 3.25. The van der Waals surface area contributed by atoms with Gasteiger partial charge in [0, 0.05) is 37.0 Å². The number of rotatable bonds is 7. The van der Waals surface area contributed by atoms with Crippen molar-refractivity contribution in [3.05, 3.63) is 47.8 Å². The van der Waals surface area contributed by atoms with Crippen LogP contribution in [-0.4, -0.2) is 34.6 Å². The fourth-order valence-electron chi connectivity index (χ4n) is 1.95. The number of pyridine rings is 2. The molecule has 2 heterocycles. The molecule has 0 aromatic carbocycles. The Labute approximate surface area is 153 Å². The first-order valence-electron chi connectivity index (χ1n) is 7.95. The highest BCUT2D eigenvalue weighted by Gasteiger charge is 2.28. The molecular weight excluding hydrogens is 365 g/mol. The number of carbonyl (C=O) groups is 2. The summed E-state index contributed by atoms with van der Waals surface area (Å²) in [5, 5.41) is 5.17. The Balaban J connectivity index is 1.95. The van der Waals surface area contributed by atoms with Crippen LogP contribution in [0.25, 0.3) is 0 Å². The second-order valence-corrected chi connectivity index (χ2v) is 5.42. The van der Waals surface area contributed by atoms with Crippen molar-refractivity contribution in [2.24, 2.45) is 0 Å². The lowest BCUT2D eigenvalue weighted by atomic mass is 10.2. The van der Waals surface area contributed by atoms with Gasteiger partial charge in [-0.3, -0.25) is 9.59 Å². The molecule has 0 unspecified atom stereocenters. The summed E-state index contributed by atoms with van der Waals surface area (Å²) in [7, 11) is 0. The zero-order valence-electron chi connectivity index (χ0n) is 14.3. The Morgan fingerprint density at radius 2 is 1.89 bits per heavy atom. The molecule has 0 fully saturated rings. The number of nitrogens with zero attached hydrogens (tertiary/aromatic N) is 2. The van der Waals surface area contributed by atoms with Gasteiger partial charge in [0.2, 0.25) is 11.8 Å². The lowest BCUT2D eigenvalue weighted by Gasteiger charge is -2.10. The van der Waals surface area contributed by atoms with Crippen molar-refractivity contribution < 1.29 is 27.5 Å². The first kappa shape index (κ1) is 20.1. The minimum Gasteiger partial charge on any atom is -0.468 e. The van der Waals surface area contributed by atoms with Crippen LogP contribution in [0, 0.1) is 0 Å². The molecule has 0 spiro atoms. The van der Waals surface area contributed by atoms with Crippen LogP contribution in [0.5, 0.6) is 5.88 Å². The third kappa shape index (κ3) is 6.92. The number of anilines is 1. The van der Waals surface area contributed by atoms with Crippen LogP contribution in [-0.2, 0) is 11.3 Å². The molecule has 2 aromatic heterocycles. The van der Waals surface area contributed by atoms with Crippen molar-refractivity contribution >= 4 is 17.6 Å². The van der Waals surface area contributed by atoms with Crippen molar-refractivity contribution in [3.8, 4) is 5.88 Å². The summed E-state index contributed by atoms with van der Waals surface area (Å²) in [4.78, 5) is 31.2. The molecule has 2 aromatic rings. The van der Waals surface area contributed by atoms with Gasteiger partial charge in [0.05, 0.1) is 0 Å². The summed E-state index contributed by atoms with van der Waals surface area (Å²) in [5.41, 5.74) is 0.795. The van der Waals surface area contributed by atoms with Crippen LogP contribution < -0.4 is 15.4 Å². The highest BCUT2D eigenvalue weighted by molar-refractivity contribution is 5.96. The van der Waals surface area contributed by atoms with Gasteiger partial charge in [-0.1, -0.05) is 6.92 Å². The van der Waals surface area contributed by atoms with Crippen molar-refractivity contribution in [2.45, 2.75) is 26.1 Å². The van der Waals surface area contributed by atoms with E-state index in [1.807, 2.05) is 0 Å². The van der Waals surface area contributed by atoms with Crippen LogP contribution >= 0.6 is 0 Å². The average Bonchev–Trinajstić information content (AvgIpc) is 2.64. The molecule has 0 radical (unpaired) electrons. The minimum absolute atomic E-state index is 0.0582. The van der Waals surface area contributed by atoms with Gasteiger partial charge >= 0.3 is 6.18 Å². The summed E-state index contributed by atoms with van der Waals surface area (Å²) in [6, 6.07) is 5.75. The quantitative estimate of drug-likeness (QED) is 0.768. The highest BCUT2D eigenvalue weighted by atomic mass is 19.4. The Morgan fingerprint density at radius 1 is 1.15 bits per heavy atom. The van der Waals surface area contributed by atoms with Gasteiger partial charge in [-0.2, -0.15) is 13.2 Å². The normalized spacial score (nSPS) is 11.0. The molecule has 0 bridgehead atoms. The summed E-state index contributed by atoms with van der Waals surface area (Å²) in [6.07, 6.45) is -1.51. The van der Waals surface area contributed by atoms with Gasteiger partial charge in [0.15, 0.2) is 6.61 Å². The number of nitrogens with one attached hydrogen (secondary N) is 2. The molecule has 2 rings (SSSR count). The lowest BCUT2D eigenvalue weighted by molar-refractivity contribution is -0.154. The zero-order valence-corrected chi connectivity index (χ0v) is 14.3. The average molecular weight is 382 g/mol. The van der Waals surface area contributed by atoms with Gasteiger partial charge in [0.1, 0.15) is 5.82 Å². The summed E-state index contributed by atoms with van der Waals surface area (Å²) in [5.74, 6) is -0.601. The number of ether oxygens (including phenoxy) is 1. The van der Waals surface area contributed by atoms with Crippen LogP contribution in [0.3, 0.4) is 0 Å². The summed E-state index contributed by atoms with van der Waals surface area (Å²) >= 11 is 0. The SMILES string of the molecule is CCC(=O)Nc1cc(C(=O)NCc2ccnc(OCC(F)(F)F)c2)ccn1. The Kier molecular flexibility index (Phi) is 6.69. The molecule has 0 aliphatic heterocycles. The van der Waals surface area contributed by atoms with Gasteiger partial charge in [-0.15, -0.1) is 0 Å². The fourth-order valence-corrected chi connectivity index (χ4v) is 1.95. The monoisotopic (exact) mass is 382 g/mol. The lowest BCUT2D eigenvalue weighted by Crippen LogP contribution is -2.23. The second kappa shape index (κ2) is 8.97. The van der Waals surface area contributed by atoms with Crippen molar-refractivity contribution in [1.82, 2.24) is 15.3 Å². The van der Waals surface area contributed by atoms with E-state index in [9.17, 15) is 22.8 Å².